The van der Waals surface area contributed by atoms with Crippen LogP contribution < -0.4 is 5.73 Å². The van der Waals surface area contributed by atoms with Crippen LogP contribution in [0.1, 0.15) is 23.7 Å². The summed E-state index contributed by atoms with van der Waals surface area (Å²) in [4.78, 5) is 14.4. The van der Waals surface area contributed by atoms with E-state index in [0.29, 0.717) is 11.5 Å². The maximum absolute atomic E-state index is 12.6. The number of fused-ring (bicyclic) bond motifs is 1. The summed E-state index contributed by atoms with van der Waals surface area (Å²) in [7, 11) is 0. The van der Waals surface area contributed by atoms with Gasteiger partial charge in [0.25, 0.3) is 5.91 Å². The van der Waals surface area contributed by atoms with E-state index in [1.165, 1.54) is 0 Å². The normalized spacial score (nSPS) is 23.8. The first-order valence-corrected chi connectivity index (χ1v) is 6.68. The average Bonchev–Trinajstić information content (AvgIpc) is 2.85. The van der Waals surface area contributed by atoms with Crippen molar-refractivity contribution in [1.29, 1.82) is 0 Å². The van der Waals surface area contributed by atoms with Crippen LogP contribution in [0.15, 0.2) is 34.9 Å². The van der Waals surface area contributed by atoms with Crippen LogP contribution in [0.5, 0.6) is 0 Å². The standard InChI is InChI=1S/C15H18N2O2/c1-10-8-17(7-6-13(10)16)15(18)12-9-19-14-5-3-2-4-11(12)14/h2-5,9-10,13H,6-8,16H2,1H3. The van der Waals surface area contributed by atoms with Gasteiger partial charge in [-0.25, -0.2) is 0 Å². The Morgan fingerprint density at radius 3 is 3.00 bits per heavy atom. The van der Waals surface area contributed by atoms with Gasteiger partial charge in [0.05, 0.1) is 5.56 Å². The molecule has 3 rings (SSSR count). The highest BCUT2D eigenvalue weighted by atomic mass is 16.3. The van der Waals surface area contributed by atoms with Crippen LogP contribution in [0.25, 0.3) is 11.0 Å². The number of hydrogen-bond donors (Lipinski definition) is 1. The predicted octanol–water partition coefficient (Wildman–Crippen LogP) is 2.24. The van der Waals surface area contributed by atoms with Gasteiger partial charge in [-0.1, -0.05) is 25.1 Å². The highest BCUT2D eigenvalue weighted by Crippen LogP contribution is 2.24. The second-order valence-electron chi connectivity index (χ2n) is 5.33. The monoisotopic (exact) mass is 258 g/mol. The average molecular weight is 258 g/mol. The molecule has 19 heavy (non-hydrogen) atoms. The van der Waals surface area contributed by atoms with Gasteiger partial charge in [-0.2, -0.15) is 0 Å². The minimum absolute atomic E-state index is 0.0451. The molecule has 2 N–H and O–H groups in total. The summed E-state index contributed by atoms with van der Waals surface area (Å²) in [5.41, 5.74) is 7.40. The lowest BCUT2D eigenvalue weighted by Gasteiger charge is -2.34. The Hall–Kier alpha value is -1.81. The van der Waals surface area contributed by atoms with Gasteiger partial charge in [-0.3, -0.25) is 4.79 Å². The van der Waals surface area contributed by atoms with E-state index in [1.807, 2.05) is 29.2 Å². The van der Waals surface area contributed by atoms with Crippen molar-refractivity contribution in [3.8, 4) is 0 Å². The van der Waals surface area contributed by atoms with E-state index < -0.39 is 0 Å². The van der Waals surface area contributed by atoms with Crippen molar-refractivity contribution in [2.45, 2.75) is 19.4 Å². The molecule has 0 aliphatic carbocycles. The lowest BCUT2D eigenvalue weighted by Crippen LogP contribution is -2.48. The van der Waals surface area contributed by atoms with Crippen LogP contribution in [-0.2, 0) is 0 Å². The maximum Gasteiger partial charge on any atom is 0.257 e. The second kappa shape index (κ2) is 4.70. The molecular formula is C15H18N2O2. The molecule has 4 nitrogen and oxygen atoms in total. The van der Waals surface area contributed by atoms with E-state index in [-0.39, 0.29) is 11.9 Å². The van der Waals surface area contributed by atoms with Crippen LogP contribution in [0.4, 0.5) is 0 Å². The van der Waals surface area contributed by atoms with Crippen LogP contribution in [0, 0.1) is 5.92 Å². The first-order chi connectivity index (χ1) is 9.16. The van der Waals surface area contributed by atoms with Gasteiger partial charge < -0.3 is 15.1 Å². The summed E-state index contributed by atoms with van der Waals surface area (Å²) in [5.74, 6) is 0.388. The first-order valence-electron chi connectivity index (χ1n) is 6.68. The molecule has 0 radical (unpaired) electrons. The van der Waals surface area contributed by atoms with Crippen LogP contribution in [0.2, 0.25) is 0 Å². The number of carbonyl (C=O) groups is 1. The fourth-order valence-electron chi connectivity index (χ4n) is 2.66. The van der Waals surface area contributed by atoms with Crippen molar-refractivity contribution in [2.24, 2.45) is 11.7 Å². The van der Waals surface area contributed by atoms with Crippen molar-refractivity contribution in [2.75, 3.05) is 13.1 Å². The van der Waals surface area contributed by atoms with Crippen LogP contribution >= 0.6 is 0 Å². The Balaban J connectivity index is 1.88. The molecule has 1 aliphatic rings. The zero-order chi connectivity index (χ0) is 13.4. The number of rotatable bonds is 1. The van der Waals surface area contributed by atoms with Crippen molar-refractivity contribution in [3.63, 3.8) is 0 Å². The molecule has 2 aromatic rings. The third kappa shape index (κ3) is 2.12. The zero-order valence-electron chi connectivity index (χ0n) is 11.0. The molecule has 1 aromatic carbocycles. The molecule has 2 atom stereocenters. The Labute approximate surface area is 112 Å². The lowest BCUT2D eigenvalue weighted by atomic mass is 9.94. The summed E-state index contributed by atoms with van der Waals surface area (Å²) in [6.45, 7) is 3.54. The SMILES string of the molecule is CC1CN(C(=O)c2coc3ccccc23)CCC1N. The molecule has 100 valence electrons. The Morgan fingerprint density at radius 1 is 1.42 bits per heavy atom. The molecule has 1 saturated heterocycles. The summed E-state index contributed by atoms with van der Waals surface area (Å²) in [6, 6.07) is 7.82. The Kier molecular flexibility index (Phi) is 3.03. The minimum atomic E-state index is 0.0451. The third-order valence-electron chi connectivity index (χ3n) is 3.97. The molecule has 2 heterocycles. The topological polar surface area (TPSA) is 59.5 Å². The van der Waals surface area contributed by atoms with Gasteiger partial charge in [0.2, 0.25) is 0 Å². The first kappa shape index (κ1) is 12.2. The maximum atomic E-state index is 12.6. The molecule has 1 amide bonds. The Morgan fingerprint density at radius 2 is 2.21 bits per heavy atom. The molecule has 4 heteroatoms. The molecule has 0 saturated carbocycles. The molecule has 2 unspecified atom stereocenters. The van der Waals surface area contributed by atoms with E-state index in [1.54, 1.807) is 6.26 Å². The Bertz CT molecular complexity index is 605. The summed E-state index contributed by atoms with van der Waals surface area (Å²) in [5, 5.41) is 0.884. The molecule has 0 bridgehead atoms. The van der Waals surface area contributed by atoms with Crippen LogP contribution in [-0.4, -0.2) is 29.9 Å². The number of benzene rings is 1. The largest absolute Gasteiger partial charge is 0.463 e. The van der Waals surface area contributed by atoms with E-state index in [4.69, 9.17) is 10.2 Å². The van der Waals surface area contributed by atoms with Gasteiger partial charge in [0.1, 0.15) is 11.8 Å². The number of likely N-dealkylation sites (tertiary alicyclic amines) is 1. The second-order valence-corrected chi connectivity index (χ2v) is 5.33. The minimum Gasteiger partial charge on any atom is -0.463 e. The molecule has 1 aliphatic heterocycles. The number of furan rings is 1. The predicted molar refractivity (Wildman–Crippen MR) is 73.9 cm³/mol. The number of para-hydroxylation sites is 1. The summed E-state index contributed by atoms with van der Waals surface area (Å²) in [6.07, 6.45) is 2.43. The van der Waals surface area contributed by atoms with Gasteiger partial charge in [-0.15, -0.1) is 0 Å². The number of nitrogens with two attached hydrogens (primary N) is 1. The summed E-state index contributed by atoms with van der Waals surface area (Å²) < 4.78 is 5.44. The highest BCUT2D eigenvalue weighted by molar-refractivity contribution is 6.05. The van der Waals surface area contributed by atoms with E-state index >= 15 is 0 Å². The number of amides is 1. The molecular weight excluding hydrogens is 240 g/mol. The quantitative estimate of drug-likeness (QED) is 0.853. The van der Waals surface area contributed by atoms with Crippen molar-refractivity contribution in [1.82, 2.24) is 4.90 Å². The van der Waals surface area contributed by atoms with Crippen molar-refractivity contribution in [3.05, 3.63) is 36.1 Å². The lowest BCUT2D eigenvalue weighted by molar-refractivity contribution is 0.0665. The number of carbonyl (C=O) groups excluding carboxylic acids is 1. The van der Waals surface area contributed by atoms with E-state index in [9.17, 15) is 4.79 Å². The van der Waals surface area contributed by atoms with Gasteiger partial charge in [-0.05, 0) is 18.4 Å². The smallest absolute Gasteiger partial charge is 0.257 e. The van der Waals surface area contributed by atoms with E-state index in [2.05, 4.69) is 6.92 Å². The van der Waals surface area contributed by atoms with Crippen molar-refractivity contribution < 1.29 is 9.21 Å². The van der Waals surface area contributed by atoms with Gasteiger partial charge in [0.15, 0.2) is 0 Å². The number of hydrogen-bond acceptors (Lipinski definition) is 3. The molecule has 1 aromatic heterocycles. The van der Waals surface area contributed by atoms with E-state index in [0.717, 1.165) is 30.5 Å². The number of piperidine rings is 1. The van der Waals surface area contributed by atoms with Crippen molar-refractivity contribution >= 4 is 16.9 Å². The van der Waals surface area contributed by atoms with Crippen LogP contribution in [0.3, 0.4) is 0 Å². The number of nitrogens with zero attached hydrogens (tertiary/aromatic N) is 1. The third-order valence-corrected chi connectivity index (χ3v) is 3.97. The fraction of sp³-hybridized carbons (Fsp3) is 0.400. The fourth-order valence-corrected chi connectivity index (χ4v) is 2.66. The van der Waals surface area contributed by atoms with Gasteiger partial charge >= 0.3 is 0 Å². The highest BCUT2D eigenvalue weighted by Gasteiger charge is 2.28. The zero-order valence-corrected chi connectivity index (χ0v) is 11.0. The molecule has 1 fully saturated rings. The summed E-state index contributed by atoms with van der Waals surface area (Å²) >= 11 is 0. The molecule has 0 spiro atoms. The van der Waals surface area contributed by atoms with Gasteiger partial charge in [0, 0.05) is 24.5 Å².